The van der Waals surface area contributed by atoms with Gasteiger partial charge in [-0.1, -0.05) is 24.3 Å². The molecular formula is C21H25N3O2. The van der Waals surface area contributed by atoms with Gasteiger partial charge in [-0.3, -0.25) is 9.59 Å². The Hall–Kier alpha value is -2.56. The van der Waals surface area contributed by atoms with Gasteiger partial charge in [-0.15, -0.1) is 0 Å². The predicted octanol–water partition coefficient (Wildman–Crippen LogP) is 2.92. The monoisotopic (exact) mass is 351 g/mol. The SMILES string of the molecule is CC(=O)N1C[C@H]2CN(C(=O)c3cc[nH]c3C)C[C@H]2[C@H]1c1ccccc1C. The number of nitrogens with one attached hydrogen (secondary N) is 1. The molecule has 5 nitrogen and oxygen atoms in total. The summed E-state index contributed by atoms with van der Waals surface area (Å²) in [7, 11) is 0. The van der Waals surface area contributed by atoms with Gasteiger partial charge in [0.1, 0.15) is 0 Å². The lowest BCUT2D eigenvalue weighted by Gasteiger charge is -2.30. The first kappa shape index (κ1) is 16.9. The van der Waals surface area contributed by atoms with Crippen molar-refractivity contribution < 1.29 is 9.59 Å². The molecule has 0 saturated carbocycles. The molecule has 5 heteroatoms. The zero-order chi connectivity index (χ0) is 18.4. The van der Waals surface area contributed by atoms with Gasteiger partial charge in [0.2, 0.25) is 5.91 Å². The average Bonchev–Trinajstić information content (AvgIpc) is 3.28. The van der Waals surface area contributed by atoms with Crippen molar-refractivity contribution in [3.8, 4) is 0 Å². The van der Waals surface area contributed by atoms with Gasteiger partial charge in [0.25, 0.3) is 5.91 Å². The van der Waals surface area contributed by atoms with Crippen molar-refractivity contribution in [1.82, 2.24) is 14.8 Å². The van der Waals surface area contributed by atoms with Gasteiger partial charge >= 0.3 is 0 Å². The molecule has 2 aliphatic heterocycles. The number of carbonyl (C=O) groups excluding carboxylic acids is 2. The van der Waals surface area contributed by atoms with E-state index in [0.29, 0.717) is 18.4 Å². The van der Waals surface area contributed by atoms with E-state index >= 15 is 0 Å². The molecule has 0 unspecified atom stereocenters. The fourth-order valence-electron chi connectivity index (χ4n) is 4.71. The van der Waals surface area contributed by atoms with Crippen LogP contribution in [0.25, 0.3) is 0 Å². The van der Waals surface area contributed by atoms with E-state index < -0.39 is 0 Å². The number of aryl methyl sites for hydroxylation is 2. The maximum absolute atomic E-state index is 12.9. The first-order valence-electron chi connectivity index (χ1n) is 9.23. The predicted molar refractivity (Wildman–Crippen MR) is 99.7 cm³/mol. The summed E-state index contributed by atoms with van der Waals surface area (Å²) in [5, 5.41) is 0. The van der Waals surface area contributed by atoms with Crippen LogP contribution in [0, 0.1) is 25.7 Å². The Bertz CT molecular complexity index is 856. The van der Waals surface area contributed by atoms with E-state index in [2.05, 4.69) is 24.0 Å². The Morgan fingerprint density at radius 1 is 1.08 bits per heavy atom. The van der Waals surface area contributed by atoms with Crippen LogP contribution < -0.4 is 0 Å². The molecule has 3 atom stereocenters. The summed E-state index contributed by atoms with van der Waals surface area (Å²) in [6.07, 6.45) is 1.81. The second-order valence-corrected chi connectivity index (χ2v) is 7.62. The Balaban J connectivity index is 1.63. The number of aromatic amines is 1. The smallest absolute Gasteiger partial charge is 0.255 e. The van der Waals surface area contributed by atoms with Crippen molar-refractivity contribution in [2.75, 3.05) is 19.6 Å². The summed E-state index contributed by atoms with van der Waals surface area (Å²) in [5.74, 6) is 0.845. The second kappa shape index (κ2) is 6.31. The molecule has 26 heavy (non-hydrogen) atoms. The summed E-state index contributed by atoms with van der Waals surface area (Å²) in [6.45, 7) is 7.84. The lowest BCUT2D eigenvalue weighted by molar-refractivity contribution is -0.130. The van der Waals surface area contributed by atoms with Crippen LogP contribution in [0.5, 0.6) is 0 Å². The molecule has 3 heterocycles. The number of fused-ring (bicyclic) bond motifs is 1. The van der Waals surface area contributed by atoms with Crippen molar-refractivity contribution in [2.24, 2.45) is 11.8 Å². The van der Waals surface area contributed by atoms with E-state index in [1.807, 2.05) is 41.1 Å². The minimum absolute atomic E-state index is 0.0591. The molecule has 0 spiro atoms. The number of carbonyl (C=O) groups is 2. The summed E-state index contributed by atoms with van der Waals surface area (Å²) in [4.78, 5) is 32.2. The molecule has 1 aromatic carbocycles. The van der Waals surface area contributed by atoms with Crippen molar-refractivity contribution in [2.45, 2.75) is 26.8 Å². The number of likely N-dealkylation sites (tertiary alicyclic amines) is 2. The molecule has 0 radical (unpaired) electrons. The topological polar surface area (TPSA) is 56.4 Å². The molecular weight excluding hydrogens is 326 g/mol. The number of aromatic nitrogens is 1. The number of hydrogen-bond donors (Lipinski definition) is 1. The minimum Gasteiger partial charge on any atom is -0.365 e. The highest BCUT2D eigenvalue weighted by molar-refractivity contribution is 5.95. The molecule has 136 valence electrons. The van der Waals surface area contributed by atoms with Crippen LogP contribution in [0.2, 0.25) is 0 Å². The summed E-state index contributed by atoms with van der Waals surface area (Å²) in [6, 6.07) is 10.2. The summed E-state index contributed by atoms with van der Waals surface area (Å²) in [5.41, 5.74) is 4.08. The second-order valence-electron chi connectivity index (χ2n) is 7.62. The van der Waals surface area contributed by atoms with E-state index in [0.717, 1.165) is 24.3 Å². The molecule has 2 aliphatic rings. The van der Waals surface area contributed by atoms with Crippen molar-refractivity contribution in [3.05, 3.63) is 58.9 Å². The number of H-pyrrole nitrogens is 1. The summed E-state index contributed by atoms with van der Waals surface area (Å²) >= 11 is 0. The van der Waals surface area contributed by atoms with Crippen LogP contribution in [-0.2, 0) is 4.79 Å². The highest BCUT2D eigenvalue weighted by Gasteiger charge is 2.49. The molecule has 2 fully saturated rings. The van der Waals surface area contributed by atoms with Crippen LogP contribution in [0.15, 0.2) is 36.5 Å². The Kier molecular flexibility index (Phi) is 4.10. The van der Waals surface area contributed by atoms with Crippen LogP contribution in [0.3, 0.4) is 0 Å². The quantitative estimate of drug-likeness (QED) is 0.904. The molecule has 2 amide bonds. The van der Waals surface area contributed by atoms with E-state index in [4.69, 9.17) is 0 Å². The third-order valence-corrected chi connectivity index (χ3v) is 6.05. The average molecular weight is 351 g/mol. The van der Waals surface area contributed by atoms with Crippen LogP contribution in [-0.4, -0.2) is 46.2 Å². The largest absolute Gasteiger partial charge is 0.365 e. The lowest BCUT2D eigenvalue weighted by atomic mass is 9.87. The zero-order valence-electron chi connectivity index (χ0n) is 15.5. The van der Waals surface area contributed by atoms with Crippen molar-refractivity contribution in [3.63, 3.8) is 0 Å². The minimum atomic E-state index is 0.0591. The molecule has 4 rings (SSSR count). The third-order valence-electron chi connectivity index (χ3n) is 6.05. The highest BCUT2D eigenvalue weighted by atomic mass is 16.2. The first-order valence-corrected chi connectivity index (χ1v) is 9.23. The number of benzene rings is 1. The van der Waals surface area contributed by atoms with E-state index in [9.17, 15) is 9.59 Å². The normalized spacial score (nSPS) is 24.8. The third kappa shape index (κ3) is 2.62. The van der Waals surface area contributed by atoms with Gasteiger partial charge in [0, 0.05) is 50.3 Å². The number of amides is 2. The van der Waals surface area contributed by atoms with Gasteiger partial charge < -0.3 is 14.8 Å². The van der Waals surface area contributed by atoms with Crippen LogP contribution >= 0.6 is 0 Å². The molecule has 0 aliphatic carbocycles. The molecule has 0 bridgehead atoms. The molecule has 1 aromatic heterocycles. The first-order chi connectivity index (χ1) is 12.5. The van der Waals surface area contributed by atoms with E-state index in [-0.39, 0.29) is 17.9 Å². The Labute approximate surface area is 154 Å². The van der Waals surface area contributed by atoms with Gasteiger partial charge in [0.05, 0.1) is 11.6 Å². The standard InChI is InChI=1S/C21H25N3O2/c1-13-6-4-5-7-17(13)20-19-12-23(10-16(19)11-24(20)15(3)25)21(26)18-8-9-22-14(18)2/h4-9,16,19-20,22H,10-12H2,1-3H3/t16-,19-,20-/m1/s1. The van der Waals surface area contributed by atoms with Crippen molar-refractivity contribution >= 4 is 11.8 Å². The van der Waals surface area contributed by atoms with Gasteiger partial charge in [0.15, 0.2) is 0 Å². The van der Waals surface area contributed by atoms with Gasteiger partial charge in [-0.2, -0.15) is 0 Å². The number of rotatable bonds is 2. The maximum Gasteiger partial charge on any atom is 0.255 e. The Morgan fingerprint density at radius 3 is 2.50 bits per heavy atom. The summed E-state index contributed by atoms with van der Waals surface area (Å²) < 4.78 is 0. The number of nitrogens with zero attached hydrogens (tertiary/aromatic N) is 2. The maximum atomic E-state index is 12.9. The zero-order valence-corrected chi connectivity index (χ0v) is 15.5. The van der Waals surface area contributed by atoms with Crippen LogP contribution in [0.4, 0.5) is 0 Å². The van der Waals surface area contributed by atoms with E-state index in [1.165, 1.54) is 11.1 Å². The van der Waals surface area contributed by atoms with Crippen molar-refractivity contribution in [1.29, 1.82) is 0 Å². The van der Waals surface area contributed by atoms with Gasteiger partial charge in [-0.05, 0) is 31.0 Å². The fraction of sp³-hybridized carbons (Fsp3) is 0.429. The molecule has 2 aromatic rings. The number of hydrogen-bond acceptors (Lipinski definition) is 2. The fourth-order valence-corrected chi connectivity index (χ4v) is 4.71. The highest BCUT2D eigenvalue weighted by Crippen LogP contribution is 2.46. The molecule has 2 saturated heterocycles. The van der Waals surface area contributed by atoms with Crippen LogP contribution in [0.1, 0.15) is 40.1 Å². The van der Waals surface area contributed by atoms with E-state index in [1.54, 1.807) is 6.92 Å². The van der Waals surface area contributed by atoms with Gasteiger partial charge in [-0.25, -0.2) is 0 Å². The Morgan fingerprint density at radius 2 is 1.85 bits per heavy atom. The molecule has 1 N–H and O–H groups in total. The lowest BCUT2D eigenvalue weighted by Crippen LogP contribution is -2.36.